The van der Waals surface area contributed by atoms with Crippen LogP contribution in [-0.2, 0) is 0 Å². The number of aromatic nitrogens is 3. The van der Waals surface area contributed by atoms with Crippen LogP contribution in [-0.4, -0.2) is 21.1 Å². The molecule has 12 heavy (non-hydrogen) atoms. The van der Waals surface area contributed by atoms with E-state index in [2.05, 4.69) is 29.1 Å². The molecule has 0 bridgehead atoms. The van der Waals surface area contributed by atoms with Crippen molar-refractivity contribution in [3.05, 3.63) is 16.8 Å². The van der Waals surface area contributed by atoms with Crippen LogP contribution in [0, 0.1) is 5.92 Å². The Labute approximate surface area is 70.1 Å². The van der Waals surface area contributed by atoms with Crippen molar-refractivity contribution in [2.75, 3.05) is 0 Å². The zero-order valence-corrected chi connectivity index (χ0v) is 7.19. The van der Waals surface area contributed by atoms with Crippen LogP contribution >= 0.6 is 0 Å². The van der Waals surface area contributed by atoms with Gasteiger partial charge in [-0.05, 0) is 12.3 Å². The lowest BCUT2D eigenvalue weighted by Crippen LogP contribution is -2.11. The van der Waals surface area contributed by atoms with E-state index in [0.29, 0.717) is 5.92 Å². The highest BCUT2D eigenvalue weighted by atomic mass is 16.2. The molecule has 5 heteroatoms. The predicted octanol–water partition coefficient (Wildman–Crippen LogP) is 0.451. The molecule has 0 atom stereocenters. The Morgan fingerprint density at radius 2 is 2.58 bits per heavy atom. The van der Waals surface area contributed by atoms with Crippen molar-refractivity contribution in [2.24, 2.45) is 11.0 Å². The largest absolute Gasteiger partial charge is 0.363 e. The number of hydrogen-bond donors (Lipinski definition) is 1. The third kappa shape index (κ3) is 2.34. The molecule has 1 aromatic heterocycles. The molecule has 0 radical (unpaired) electrons. The number of nitrogens with one attached hydrogen (secondary N) is 1. The van der Waals surface area contributed by atoms with Crippen LogP contribution in [0.15, 0.2) is 16.2 Å². The molecule has 1 rings (SSSR count). The van der Waals surface area contributed by atoms with Crippen LogP contribution in [0.1, 0.15) is 20.3 Å². The van der Waals surface area contributed by atoms with E-state index in [0.717, 1.165) is 6.42 Å². The summed E-state index contributed by atoms with van der Waals surface area (Å²) in [6, 6.07) is 0. The lowest BCUT2D eigenvalue weighted by Gasteiger charge is -1.94. The van der Waals surface area contributed by atoms with Crippen molar-refractivity contribution in [3.8, 4) is 0 Å². The van der Waals surface area contributed by atoms with Crippen molar-refractivity contribution in [3.63, 3.8) is 0 Å². The Bertz CT molecular complexity index is 309. The van der Waals surface area contributed by atoms with E-state index in [9.17, 15) is 4.79 Å². The number of H-pyrrole nitrogens is 1. The normalized spacial score (nSPS) is 11.6. The van der Waals surface area contributed by atoms with Crippen LogP contribution in [0.3, 0.4) is 0 Å². The molecule has 1 heterocycles. The number of hydrogen-bond acceptors (Lipinski definition) is 3. The maximum Gasteiger partial charge on any atom is 0.363 e. The third-order valence-corrected chi connectivity index (χ3v) is 1.32. The molecule has 0 aliphatic heterocycles. The van der Waals surface area contributed by atoms with Gasteiger partial charge in [0.05, 0.1) is 0 Å². The first-order chi connectivity index (χ1) is 5.70. The van der Waals surface area contributed by atoms with Crippen LogP contribution in [0.4, 0.5) is 0 Å². The van der Waals surface area contributed by atoms with Gasteiger partial charge in [-0.25, -0.2) is 9.89 Å². The minimum Gasteiger partial charge on any atom is -0.244 e. The van der Waals surface area contributed by atoms with Crippen LogP contribution in [0.2, 0.25) is 0 Å². The van der Waals surface area contributed by atoms with Gasteiger partial charge in [0.1, 0.15) is 6.33 Å². The maximum absolute atomic E-state index is 10.8. The van der Waals surface area contributed by atoms with Crippen molar-refractivity contribution >= 4 is 6.21 Å². The first-order valence-corrected chi connectivity index (χ1v) is 3.85. The number of nitrogens with zero attached hydrogens (tertiary/aromatic N) is 3. The zero-order chi connectivity index (χ0) is 8.97. The van der Waals surface area contributed by atoms with Crippen LogP contribution in [0.25, 0.3) is 0 Å². The Balaban J connectivity index is 2.58. The monoisotopic (exact) mass is 168 g/mol. The number of rotatable bonds is 3. The van der Waals surface area contributed by atoms with Gasteiger partial charge in [-0.3, -0.25) is 0 Å². The first-order valence-electron chi connectivity index (χ1n) is 3.85. The minimum atomic E-state index is -0.310. The standard InChI is InChI=1S/C7H12N4O/c1-6(2)3-4-9-11-5-8-10-7(11)12/h4-6H,3H2,1-2H3,(H,10,12)/b9-4+. The summed E-state index contributed by atoms with van der Waals surface area (Å²) < 4.78 is 1.17. The molecule has 5 nitrogen and oxygen atoms in total. The Morgan fingerprint density at radius 3 is 3.08 bits per heavy atom. The van der Waals surface area contributed by atoms with Gasteiger partial charge in [0.15, 0.2) is 0 Å². The Morgan fingerprint density at radius 1 is 1.83 bits per heavy atom. The highest BCUT2D eigenvalue weighted by molar-refractivity contribution is 5.57. The van der Waals surface area contributed by atoms with Gasteiger partial charge < -0.3 is 0 Å². The van der Waals surface area contributed by atoms with Gasteiger partial charge in [0, 0.05) is 6.21 Å². The molecule has 1 N–H and O–H groups in total. The van der Waals surface area contributed by atoms with E-state index in [1.165, 1.54) is 11.0 Å². The van der Waals surface area contributed by atoms with Gasteiger partial charge in [-0.2, -0.15) is 14.9 Å². The Kier molecular flexibility index (Phi) is 2.79. The SMILES string of the molecule is CC(C)C/C=N/n1cn[nH]c1=O. The Hall–Kier alpha value is -1.39. The second-order valence-corrected chi connectivity index (χ2v) is 2.93. The van der Waals surface area contributed by atoms with E-state index in [4.69, 9.17) is 0 Å². The fraction of sp³-hybridized carbons (Fsp3) is 0.571. The van der Waals surface area contributed by atoms with E-state index >= 15 is 0 Å². The lowest BCUT2D eigenvalue weighted by molar-refractivity contribution is 0.684. The van der Waals surface area contributed by atoms with E-state index in [-0.39, 0.29) is 5.69 Å². The van der Waals surface area contributed by atoms with Gasteiger partial charge in [-0.1, -0.05) is 13.8 Å². The summed E-state index contributed by atoms with van der Waals surface area (Å²) in [5.74, 6) is 0.552. The summed E-state index contributed by atoms with van der Waals surface area (Å²) in [4.78, 5) is 10.8. The molecule has 0 aliphatic rings. The summed E-state index contributed by atoms with van der Waals surface area (Å²) >= 11 is 0. The van der Waals surface area contributed by atoms with E-state index < -0.39 is 0 Å². The summed E-state index contributed by atoms with van der Waals surface area (Å²) in [7, 11) is 0. The molecule has 66 valence electrons. The highest BCUT2D eigenvalue weighted by Gasteiger charge is 1.92. The zero-order valence-electron chi connectivity index (χ0n) is 7.19. The second-order valence-electron chi connectivity index (χ2n) is 2.93. The van der Waals surface area contributed by atoms with Crippen LogP contribution < -0.4 is 5.69 Å². The number of aromatic amines is 1. The van der Waals surface area contributed by atoms with Crippen molar-refractivity contribution in [2.45, 2.75) is 20.3 Å². The highest BCUT2D eigenvalue weighted by Crippen LogP contribution is 1.94. The molecule has 0 aliphatic carbocycles. The van der Waals surface area contributed by atoms with Gasteiger partial charge in [-0.15, -0.1) is 0 Å². The molecule has 0 unspecified atom stereocenters. The summed E-state index contributed by atoms with van der Waals surface area (Å²) in [6.45, 7) is 4.17. The molecule has 1 aromatic rings. The maximum atomic E-state index is 10.8. The molecular formula is C7H12N4O. The third-order valence-electron chi connectivity index (χ3n) is 1.32. The van der Waals surface area contributed by atoms with Crippen LogP contribution in [0.5, 0.6) is 0 Å². The van der Waals surface area contributed by atoms with Crippen molar-refractivity contribution in [1.29, 1.82) is 0 Å². The van der Waals surface area contributed by atoms with Gasteiger partial charge in [0.25, 0.3) is 0 Å². The van der Waals surface area contributed by atoms with Crippen molar-refractivity contribution in [1.82, 2.24) is 14.9 Å². The lowest BCUT2D eigenvalue weighted by atomic mass is 10.2. The smallest absolute Gasteiger partial charge is 0.244 e. The summed E-state index contributed by atoms with van der Waals surface area (Å²) in [5, 5.41) is 9.67. The van der Waals surface area contributed by atoms with Gasteiger partial charge in [0.2, 0.25) is 0 Å². The van der Waals surface area contributed by atoms with E-state index in [1.54, 1.807) is 6.21 Å². The van der Waals surface area contributed by atoms with Crippen molar-refractivity contribution < 1.29 is 0 Å². The molecule has 0 spiro atoms. The average molecular weight is 168 g/mol. The van der Waals surface area contributed by atoms with Gasteiger partial charge >= 0.3 is 5.69 Å². The minimum absolute atomic E-state index is 0.310. The molecule has 0 saturated carbocycles. The fourth-order valence-electron chi connectivity index (χ4n) is 0.671. The topological polar surface area (TPSA) is 63.0 Å². The molecule has 0 saturated heterocycles. The summed E-state index contributed by atoms with van der Waals surface area (Å²) in [5.41, 5.74) is -0.310. The molecule has 0 amide bonds. The summed E-state index contributed by atoms with van der Waals surface area (Å²) in [6.07, 6.45) is 3.92. The van der Waals surface area contributed by atoms with E-state index in [1.807, 2.05) is 0 Å². The molecule has 0 aromatic carbocycles. The average Bonchev–Trinajstić information content (AvgIpc) is 2.36. The predicted molar refractivity (Wildman–Crippen MR) is 46.2 cm³/mol. The quantitative estimate of drug-likeness (QED) is 0.666. The first kappa shape index (κ1) is 8.70. The second kappa shape index (κ2) is 3.85. The fourth-order valence-corrected chi connectivity index (χ4v) is 0.671. The molecular weight excluding hydrogens is 156 g/mol. The molecule has 0 fully saturated rings.